The van der Waals surface area contributed by atoms with Crippen LogP contribution >= 0.6 is 0 Å². The minimum absolute atomic E-state index is 0.172. The van der Waals surface area contributed by atoms with Gasteiger partial charge in [0.25, 0.3) is 0 Å². The summed E-state index contributed by atoms with van der Waals surface area (Å²) in [4.78, 5) is 6.63. The number of imidazole rings is 1. The number of rotatable bonds is 2. The first-order chi connectivity index (χ1) is 11.6. The predicted octanol–water partition coefficient (Wildman–Crippen LogP) is 3.15. The van der Waals surface area contributed by atoms with Gasteiger partial charge in [-0.15, -0.1) is 5.10 Å². The van der Waals surface area contributed by atoms with Crippen LogP contribution in [0, 0.1) is 5.82 Å². The Morgan fingerprint density at radius 2 is 1.75 bits per heavy atom. The van der Waals surface area contributed by atoms with Gasteiger partial charge in [-0.05, 0) is 50.2 Å². The molecule has 0 bridgehead atoms. The maximum atomic E-state index is 13.2. The van der Waals surface area contributed by atoms with Gasteiger partial charge in [0.05, 0.1) is 24.1 Å². The van der Waals surface area contributed by atoms with Crippen LogP contribution in [-0.4, -0.2) is 39.9 Å². The number of aromatic nitrogens is 3. The molecule has 2 atom stereocenters. The van der Waals surface area contributed by atoms with Crippen molar-refractivity contribution in [1.82, 2.24) is 14.6 Å². The quantitative estimate of drug-likeness (QED) is 0.725. The van der Waals surface area contributed by atoms with Gasteiger partial charge in [0.1, 0.15) is 11.6 Å². The Bertz CT molecular complexity index is 851. The molecule has 1 fully saturated rings. The van der Waals surface area contributed by atoms with Crippen molar-refractivity contribution in [2.45, 2.75) is 26.1 Å². The summed E-state index contributed by atoms with van der Waals surface area (Å²) in [5.41, 5.74) is 2.51. The molecule has 2 aromatic heterocycles. The molecule has 0 N–H and O–H groups in total. The smallest absolute Gasteiger partial charge is 0.154 e. The molecule has 0 spiro atoms. The standard InChI is InChI=1S/C18H19FN4O/c1-12-10-22(11-13(2)24-12)18-8-7-17-20-9-16(23(17)21-18)14-3-5-15(19)6-4-14/h3-9,12-13H,10-11H2,1-2H3/t12-,13+. The maximum Gasteiger partial charge on any atom is 0.154 e. The lowest BCUT2D eigenvalue weighted by molar-refractivity contribution is -0.00551. The van der Waals surface area contributed by atoms with E-state index in [2.05, 4.69) is 23.7 Å². The Labute approximate surface area is 139 Å². The lowest BCUT2D eigenvalue weighted by atomic mass is 10.2. The summed E-state index contributed by atoms with van der Waals surface area (Å²) in [7, 11) is 0. The van der Waals surface area contributed by atoms with Gasteiger partial charge in [0.15, 0.2) is 5.65 Å². The summed E-state index contributed by atoms with van der Waals surface area (Å²) in [6.45, 7) is 5.76. The van der Waals surface area contributed by atoms with Crippen LogP contribution in [0.15, 0.2) is 42.6 Å². The molecule has 0 unspecified atom stereocenters. The molecule has 0 saturated carbocycles. The molecule has 1 aliphatic rings. The van der Waals surface area contributed by atoms with Crippen molar-refractivity contribution in [3.8, 4) is 11.3 Å². The summed E-state index contributed by atoms with van der Waals surface area (Å²) in [6.07, 6.45) is 2.11. The van der Waals surface area contributed by atoms with Crippen LogP contribution in [0.4, 0.5) is 10.2 Å². The lowest BCUT2D eigenvalue weighted by Gasteiger charge is -2.35. The zero-order valence-corrected chi connectivity index (χ0v) is 13.7. The minimum Gasteiger partial charge on any atom is -0.372 e. The molecule has 0 radical (unpaired) electrons. The third-order valence-corrected chi connectivity index (χ3v) is 4.23. The number of fused-ring (bicyclic) bond motifs is 1. The normalized spacial score (nSPS) is 21.4. The second-order valence-corrected chi connectivity index (χ2v) is 6.27. The summed E-state index contributed by atoms with van der Waals surface area (Å²) < 4.78 is 20.8. The Morgan fingerprint density at radius 3 is 2.46 bits per heavy atom. The first-order valence-electron chi connectivity index (χ1n) is 8.11. The molecule has 3 heterocycles. The predicted molar refractivity (Wildman–Crippen MR) is 90.6 cm³/mol. The van der Waals surface area contributed by atoms with E-state index < -0.39 is 0 Å². The number of anilines is 1. The highest BCUT2D eigenvalue weighted by Crippen LogP contribution is 2.23. The van der Waals surface area contributed by atoms with Gasteiger partial charge >= 0.3 is 0 Å². The van der Waals surface area contributed by atoms with E-state index in [4.69, 9.17) is 9.84 Å². The molecule has 4 rings (SSSR count). The number of hydrogen-bond acceptors (Lipinski definition) is 4. The van der Waals surface area contributed by atoms with Crippen molar-refractivity contribution in [3.05, 3.63) is 48.4 Å². The highest BCUT2D eigenvalue weighted by Gasteiger charge is 2.23. The van der Waals surface area contributed by atoms with Crippen molar-refractivity contribution >= 4 is 11.5 Å². The molecule has 24 heavy (non-hydrogen) atoms. The highest BCUT2D eigenvalue weighted by atomic mass is 19.1. The monoisotopic (exact) mass is 326 g/mol. The number of benzene rings is 1. The molecule has 124 valence electrons. The topological polar surface area (TPSA) is 42.7 Å². The fraction of sp³-hybridized carbons (Fsp3) is 0.333. The van der Waals surface area contributed by atoms with E-state index >= 15 is 0 Å². The van der Waals surface area contributed by atoms with Crippen LogP contribution in [0.3, 0.4) is 0 Å². The van der Waals surface area contributed by atoms with E-state index in [-0.39, 0.29) is 18.0 Å². The van der Waals surface area contributed by atoms with Crippen LogP contribution in [0.1, 0.15) is 13.8 Å². The van der Waals surface area contributed by atoms with E-state index in [0.717, 1.165) is 35.8 Å². The van der Waals surface area contributed by atoms with Gasteiger partial charge in [-0.3, -0.25) is 0 Å². The van der Waals surface area contributed by atoms with E-state index in [1.807, 2.05) is 16.6 Å². The van der Waals surface area contributed by atoms with Crippen LogP contribution < -0.4 is 4.90 Å². The average Bonchev–Trinajstić information content (AvgIpc) is 2.98. The fourth-order valence-electron chi connectivity index (χ4n) is 3.21. The summed E-state index contributed by atoms with van der Waals surface area (Å²) in [5.74, 6) is 0.642. The summed E-state index contributed by atoms with van der Waals surface area (Å²) in [6, 6.07) is 10.3. The number of halogens is 1. The molecule has 6 heteroatoms. The third kappa shape index (κ3) is 2.73. The molecule has 0 amide bonds. The van der Waals surface area contributed by atoms with Crippen LogP contribution in [0.5, 0.6) is 0 Å². The molecule has 0 aliphatic carbocycles. The van der Waals surface area contributed by atoms with Gasteiger partial charge in [-0.25, -0.2) is 13.9 Å². The van der Waals surface area contributed by atoms with Crippen molar-refractivity contribution in [1.29, 1.82) is 0 Å². The summed E-state index contributed by atoms with van der Waals surface area (Å²) in [5, 5.41) is 4.76. The molecule has 5 nitrogen and oxygen atoms in total. The highest BCUT2D eigenvalue weighted by molar-refractivity contribution is 5.63. The zero-order chi connectivity index (χ0) is 16.7. The van der Waals surface area contributed by atoms with Gasteiger partial charge in [-0.1, -0.05) is 0 Å². The van der Waals surface area contributed by atoms with E-state index in [0.29, 0.717) is 0 Å². The van der Waals surface area contributed by atoms with Crippen molar-refractivity contribution < 1.29 is 9.13 Å². The van der Waals surface area contributed by atoms with Crippen molar-refractivity contribution in [2.24, 2.45) is 0 Å². The molecule has 1 saturated heterocycles. The Kier molecular flexibility index (Phi) is 3.69. The van der Waals surface area contributed by atoms with Crippen LogP contribution in [0.25, 0.3) is 16.9 Å². The van der Waals surface area contributed by atoms with Gasteiger partial charge in [-0.2, -0.15) is 0 Å². The van der Waals surface area contributed by atoms with Gasteiger partial charge in [0.2, 0.25) is 0 Å². The fourth-order valence-corrected chi connectivity index (χ4v) is 3.21. The van der Waals surface area contributed by atoms with E-state index in [1.165, 1.54) is 12.1 Å². The summed E-state index contributed by atoms with van der Waals surface area (Å²) >= 11 is 0. The van der Waals surface area contributed by atoms with E-state index in [1.54, 1.807) is 18.3 Å². The molecular weight excluding hydrogens is 307 g/mol. The van der Waals surface area contributed by atoms with Crippen LogP contribution in [-0.2, 0) is 4.74 Å². The average molecular weight is 326 g/mol. The number of hydrogen-bond donors (Lipinski definition) is 0. The SMILES string of the molecule is C[C@@H]1CN(c2ccc3ncc(-c4ccc(F)cc4)n3n2)C[C@H](C)O1. The van der Waals surface area contributed by atoms with Gasteiger partial charge in [0, 0.05) is 18.7 Å². The molecular formula is C18H19FN4O. The first-order valence-corrected chi connectivity index (χ1v) is 8.11. The number of nitrogens with zero attached hydrogens (tertiary/aromatic N) is 4. The number of morpholine rings is 1. The maximum absolute atomic E-state index is 13.2. The Morgan fingerprint density at radius 1 is 1.04 bits per heavy atom. The molecule has 1 aliphatic heterocycles. The third-order valence-electron chi connectivity index (χ3n) is 4.23. The first kappa shape index (κ1) is 15.1. The van der Waals surface area contributed by atoms with Crippen molar-refractivity contribution in [2.75, 3.05) is 18.0 Å². The zero-order valence-electron chi connectivity index (χ0n) is 13.7. The Hall–Kier alpha value is -2.47. The second kappa shape index (κ2) is 5.87. The second-order valence-electron chi connectivity index (χ2n) is 6.27. The van der Waals surface area contributed by atoms with Gasteiger partial charge < -0.3 is 9.64 Å². The lowest BCUT2D eigenvalue weighted by Crippen LogP contribution is -2.46. The Balaban J connectivity index is 1.74. The van der Waals surface area contributed by atoms with E-state index in [9.17, 15) is 4.39 Å². The molecule has 1 aromatic carbocycles. The number of ether oxygens (including phenoxy) is 1. The van der Waals surface area contributed by atoms with Crippen molar-refractivity contribution in [3.63, 3.8) is 0 Å². The largest absolute Gasteiger partial charge is 0.372 e. The minimum atomic E-state index is -0.252. The van der Waals surface area contributed by atoms with Crippen LogP contribution in [0.2, 0.25) is 0 Å². The molecule has 3 aromatic rings.